The van der Waals surface area contributed by atoms with E-state index in [1.165, 1.54) is 6.07 Å². The van der Waals surface area contributed by atoms with Gasteiger partial charge in [-0.15, -0.1) is 12.4 Å². The van der Waals surface area contributed by atoms with Gasteiger partial charge in [-0.3, -0.25) is 4.79 Å². The number of hydrogen-bond donors (Lipinski definition) is 1. The Morgan fingerprint density at radius 1 is 1.35 bits per heavy atom. The summed E-state index contributed by atoms with van der Waals surface area (Å²) in [6.07, 6.45) is 2.69. The number of hydrogen-bond acceptors (Lipinski definition) is 2. The molecule has 0 spiro atoms. The van der Waals surface area contributed by atoms with E-state index in [0.29, 0.717) is 24.4 Å². The third kappa shape index (κ3) is 4.76. The second-order valence-electron chi connectivity index (χ2n) is 5.24. The summed E-state index contributed by atoms with van der Waals surface area (Å²) in [4.78, 5) is 13.7. The van der Waals surface area contributed by atoms with Gasteiger partial charge < -0.3 is 10.2 Å². The summed E-state index contributed by atoms with van der Waals surface area (Å²) in [5.41, 5.74) is 0.573. The van der Waals surface area contributed by atoms with Crippen LogP contribution in [0.25, 0.3) is 0 Å². The van der Waals surface area contributed by atoms with Gasteiger partial charge in [0.1, 0.15) is 5.82 Å². The Morgan fingerprint density at radius 3 is 2.65 bits per heavy atom. The number of amides is 1. The van der Waals surface area contributed by atoms with E-state index in [9.17, 15) is 9.18 Å². The van der Waals surface area contributed by atoms with Gasteiger partial charge in [0.15, 0.2) is 0 Å². The van der Waals surface area contributed by atoms with E-state index < -0.39 is 0 Å². The standard InChI is InChI=1S/C15H21FN2O.ClH/c1-18(11-13-4-2-3-5-14(13)16)15(19)10-12-6-8-17-9-7-12;/h2-5,12,17H,6-11H2,1H3;1H. The van der Waals surface area contributed by atoms with Crippen LogP contribution in [-0.2, 0) is 11.3 Å². The molecule has 3 nitrogen and oxygen atoms in total. The molecule has 1 aromatic carbocycles. The van der Waals surface area contributed by atoms with Crippen molar-refractivity contribution in [2.45, 2.75) is 25.8 Å². The van der Waals surface area contributed by atoms with Gasteiger partial charge in [-0.2, -0.15) is 0 Å². The van der Waals surface area contributed by atoms with Gasteiger partial charge in [0.2, 0.25) is 5.91 Å². The zero-order valence-electron chi connectivity index (χ0n) is 11.8. The lowest BCUT2D eigenvalue weighted by molar-refractivity contribution is -0.131. The van der Waals surface area contributed by atoms with Crippen LogP contribution in [0.5, 0.6) is 0 Å². The van der Waals surface area contributed by atoms with E-state index in [-0.39, 0.29) is 24.1 Å². The van der Waals surface area contributed by atoms with Crippen LogP contribution in [0.3, 0.4) is 0 Å². The molecule has 5 heteroatoms. The van der Waals surface area contributed by atoms with Crippen LogP contribution in [-0.4, -0.2) is 30.9 Å². The van der Waals surface area contributed by atoms with Gasteiger partial charge >= 0.3 is 0 Å². The molecule has 0 bridgehead atoms. The molecule has 0 aromatic heterocycles. The molecule has 1 fully saturated rings. The fourth-order valence-electron chi connectivity index (χ4n) is 2.46. The SMILES string of the molecule is CN(Cc1ccccc1F)C(=O)CC1CCNCC1.Cl. The minimum Gasteiger partial charge on any atom is -0.341 e. The number of nitrogens with one attached hydrogen (secondary N) is 1. The molecule has 112 valence electrons. The maximum absolute atomic E-state index is 13.5. The lowest BCUT2D eigenvalue weighted by Crippen LogP contribution is -2.33. The van der Waals surface area contributed by atoms with Crippen molar-refractivity contribution in [2.24, 2.45) is 5.92 Å². The summed E-state index contributed by atoms with van der Waals surface area (Å²) in [5, 5.41) is 3.29. The first-order chi connectivity index (χ1) is 9.16. The van der Waals surface area contributed by atoms with Crippen LogP contribution in [0, 0.1) is 11.7 Å². The Bertz CT molecular complexity index is 436. The first kappa shape index (κ1) is 16.9. The molecule has 1 aliphatic heterocycles. The van der Waals surface area contributed by atoms with Gasteiger partial charge in [-0.1, -0.05) is 18.2 Å². The predicted octanol–water partition coefficient (Wildman–Crippen LogP) is 2.60. The van der Waals surface area contributed by atoms with Gasteiger partial charge in [-0.05, 0) is 37.9 Å². The minimum atomic E-state index is -0.246. The Labute approximate surface area is 125 Å². The predicted molar refractivity (Wildman–Crippen MR) is 80.3 cm³/mol. The number of benzene rings is 1. The highest BCUT2D eigenvalue weighted by Crippen LogP contribution is 2.18. The van der Waals surface area contributed by atoms with E-state index in [0.717, 1.165) is 25.9 Å². The van der Waals surface area contributed by atoms with Crippen LogP contribution in [0.15, 0.2) is 24.3 Å². The smallest absolute Gasteiger partial charge is 0.222 e. The van der Waals surface area contributed by atoms with E-state index in [1.807, 2.05) is 0 Å². The van der Waals surface area contributed by atoms with Gasteiger partial charge in [0.05, 0.1) is 0 Å². The molecular formula is C15H22ClFN2O. The van der Waals surface area contributed by atoms with Crippen LogP contribution in [0.2, 0.25) is 0 Å². The number of carbonyl (C=O) groups excluding carboxylic acids is 1. The number of halogens is 2. The van der Waals surface area contributed by atoms with Crippen LogP contribution >= 0.6 is 12.4 Å². The molecule has 2 rings (SSSR count). The highest BCUT2D eigenvalue weighted by Gasteiger charge is 2.19. The molecule has 1 N–H and O–H groups in total. The van der Waals surface area contributed by atoms with Crippen molar-refractivity contribution in [3.8, 4) is 0 Å². The first-order valence-corrected chi connectivity index (χ1v) is 6.85. The number of nitrogens with zero attached hydrogens (tertiary/aromatic N) is 1. The van der Waals surface area contributed by atoms with Crippen molar-refractivity contribution in [1.29, 1.82) is 0 Å². The summed E-state index contributed by atoms with van der Waals surface area (Å²) in [7, 11) is 1.75. The van der Waals surface area contributed by atoms with Crippen molar-refractivity contribution >= 4 is 18.3 Å². The van der Waals surface area contributed by atoms with Crippen molar-refractivity contribution < 1.29 is 9.18 Å². The van der Waals surface area contributed by atoms with Crippen LogP contribution in [0.1, 0.15) is 24.8 Å². The maximum Gasteiger partial charge on any atom is 0.222 e. The molecular weight excluding hydrogens is 279 g/mol. The van der Waals surface area contributed by atoms with Crippen molar-refractivity contribution in [3.05, 3.63) is 35.6 Å². The van der Waals surface area contributed by atoms with E-state index in [2.05, 4.69) is 5.32 Å². The monoisotopic (exact) mass is 300 g/mol. The molecule has 20 heavy (non-hydrogen) atoms. The molecule has 1 amide bonds. The Kier molecular flexibility index (Phi) is 6.96. The lowest BCUT2D eigenvalue weighted by Gasteiger charge is -2.25. The molecule has 1 aromatic rings. The number of rotatable bonds is 4. The normalized spacial score (nSPS) is 15.5. The van der Waals surface area contributed by atoms with Crippen LogP contribution in [0.4, 0.5) is 4.39 Å². The molecule has 0 saturated carbocycles. The quantitative estimate of drug-likeness (QED) is 0.927. The van der Waals surface area contributed by atoms with Crippen molar-refractivity contribution in [1.82, 2.24) is 10.2 Å². The topological polar surface area (TPSA) is 32.3 Å². The third-order valence-electron chi connectivity index (χ3n) is 3.71. The highest BCUT2D eigenvalue weighted by atomic mass is 35.5. The number of carbonyl (C=O) groups is 1. The van der Waals surface area contributed by atoms with E-state index in [1.54, 1.807) is 30.1 Å². The molecule has 1 saturated heterocycles. The highest BCUT2D eigenvalue weighted by molar-refractivity contribution is 5.85. The Hall–Kier alpha value is -1.13. The fraction of sp³-hybridized carbons (Fsp3) is 0.533. The van der Waals surface area contributed by atoms with Crippen molar-refractivity contribution in [3.63, 3.8) is 0 Å². The summed E-state index contributed by atoms with van der Waals surface area (Å²) in [6.45, 7) is 2.33. The summed E-state index contributed by atoms with van der Waals surface area (Å²) in [6, 6.07) is 6.61. The molecule has 0 atom stereocenters. The summed E-state index contributed by atoms with van der Waals surface area (Å²) < 4.78 is 13.5. The van der Waals surface area contributed by atoms with Crippen molar-refractivity contribution in [2.75, 3.05) is 20.1 Å². The minimum absolute atomic E-state index is 0. The Balaban J connectivity index is 0.00000200. The molecule has 1 aliphatic rings. The average Bonchev–Trinajstić information content (AvgIpc) is 2.42. The zero-order chi connectivity index (χ0) is 13.7. The largest absolute Gasteiger partial charge is 0.341 e. The molecule has 0 aliphatic carbocycles. The van der Waals surface area contributed by atoms with Crippen LogP contribution < -0.4 is 5.32 Å². The average molecular weight is 301 g/mol. The van der Waals surface area contributed by atoms with E-state index >= 15 is 0 Å². The first-order valence-electron chi connectivity index (χ1n) is 6.85. The van der Waals surface area contributed by atoms with Gasteiger partial charge in [-0.25, -0.2) is 4.39 Å². The third-order valence-corrected chi connectivity index (χ3v) is 3.71. The number of piperidine rings is 1. The van der Waals surface area contributed by atoms with Gasteiger partial charge in [0, 0.05) is 25.6 Å². The maximum atomic E-state index is 13.5. The van der Waals surface area contributed by atoms with Gasteiger partial charge in [0.25, 0.3) is 0 Å². The fourth-order valence-corrected chi connectivity index (χ4v) is 2.46. The molecule has 0 radical (unpaired) electrons. The second-order valence-corrected chi connectivity index (χ2v) is 5.24. The zero-order valence-corrected chi connectivity index (χ0v) is 12.6. The van der Waals surface area contributed by atoms with E-state index in [4.69, 9.17) is 0 Å². The molecule has 0 unspecified atom stereocenters. The molecule has 1 heterocycles. The lowest BCUT2D eigenvalue weighted by atomic mass is 9.94. The Morgan fingerprint density at radius 2 is 2.00 bits per heavy atom. The summed E-state index contributed by atoms with van der Waals surface area (Å²) >= 11 is 0. The second kappa shape index (κ2) is 8.22. The summed E-state index contributed by atoms with van der Waals surface area (Å²) in [5.74, 6) is 0.330.